The zero-order chi connectivity index (χ0) is 13.1. The van der Waals surface area contributed by atoms with Gasteiger partial charge in [-0.15, -0.1) is 0 Å². The molecule has 1 N–H and O–H groups in total. The third kappa shape index (κ3) is 3.02. The molecule has 1 atom stereocenters. The molecule has 1 heterocycles. The van der Waals surface area contributed by atoms with Gasteiger partial charge in [0.15, 0.2) is 0 Å². The molecule has 0 aliphatic heterocycles. The summed E-state index contributed by atoms with van der Waals surface area (Å²) < 4.78 is 5.42. The van der Waals surface area contributed by atoms with E-state index in [1.807, 2.05) is 13.1 Å². The molecule has 100 valence electrons. The third-order valence-electron chi connectivity index (χ3n) is 3.94. The van der Waals surface area contributed by atoms with E-state index in [0.717, 1.165) is 47.5 Å². The maximum Gasteiger partial charge on any atom is 0.128 e. The van der Waals surface area contributed by atoms with Gasteiger partial charge in [-0.2, -0.15) is 0 Å². The molecule has 3 heteroatoms. The van der Waals surface area contributed by atoms with E-state index in [2.05, 4.69) is 24.1 Å². The van der Waals surface area contributed by atoms with Crippen molar-refractivity contribution < 1.29 is 4.74 Å². The normalized spacial score (nSPS) is 16.7. The molecule has 1 aromatic rings. The molecule has 1 fully saturated rings. The minimum atomic E-state index is 0.789. The quantitative estimate of drug-likeness (QED) is 0.840. The van der Waals surface area contributed by atoms with E-state index >= 15 is 0 Å². The van der Waals surface area contributed by atoms with Crippen LogP contribution < -0.4 is 10.1 Å². The Morgan fingerprint density at radius 3 is 2.78 bits per heavy atom. The number of methoxy groups -OCH3 is 1. The molecular formula is C15H24N2O. The molecule has 0 bridgehead atoms. The summed E-state index contributed by atoms with van der Waals surface area (Å²) in [5.41, 5.74) is 3.36. The van der Waals surface area contributed by atoms with Crippen LogP contribution in [0.4, 0.5) is 0 Å². The zero-order valence-corrected chi connectivity index (χ0v) is 11.9. The van der Waals surface area contributed by atoms with E-state index < -0.39 is 0 Å². The van der Waals surface area contributed by atoms with Gasteiger partial charge in [-0.05, 0) is 45.1 Å². The van der Waals surface area contributed by atoms with Crippen LogP contribution in [0.5, 0.6) is 5.75 Å². The lowest BCUT2D eigenvalue weighted by Gasteiger charge is -2.14. The molecule has 0 saturated heterocycles. The van der Waals surface area contributed by atoms with Gasteiger partial charge in [0.05, 0.1) is 12.8 Å². The highest BCUT2D eigenvalue weighted by Gasteiger charge is 2.27. The topological polar surface area (TPSA) is 34.1 Å². The van der Waals surface area contributed by atoms with E-state index in [4.69, 9.17) is 4.74 Å². The van der Waals surface area contributed by atoms with Gasteiger partial charge in [-0.3, -0.25) is 4.98 Å². The summed E-state index contributed by atoms with van der Waals surface area (Å²) in [6.07, 6.45) is 4.73. The monoisotopic (exact) mass is 248 g/mol. The predicted molar refractivity (Wildman–Crippen MR) is 73.9 cm³/mol. The van der Waals surface area contributed by atoms with E-state index in [1.165, 1.54) is 12.8 Å². The summed E-state index contributed by atoms with van der Waals surface area (Å²) in [4.78, 5) is 4.50. The molecule has 0 spiro atoms. The van der Waals surface area contributed by atoms with Crippen LogP contribution in [0, 0.1) is 25.7 Å². The Kier molecular flexibility index (Phi) is 4.23. The second-order valence-electron chi connectivity index (χ2n) is 5.49. The second-order valence-corrected chi connectivity index (χ2v) is 5.49. The van der Waals surface area contributed by atoms with Gasteiger partial charge < -0.3 is 10.1 Å². The maximum absolute atomic E-state index is 5.42. The average molecular weight is 248 g/mol. The zero-order valence-electron chi connectivity index (χ0n) is 11.9. The van der Waals surface area contributed by atoms with E-state index in [0.29, 0.717) is 0 Å². The molecule has 0 radical (unpaired) electrons. The molecule has 1 aromatic heterocycles. The van der Waals surface area contributed by atoms with Gasteiger partial charge in [0.2, 0.25) is 0 Å². The number of pyridine rings is 1. The van der Waals surface area contributed by atoms with Crippen molar-refractivity contribution in [2.45, 2.75) is 40.2 Å². The van der Waals surface area contributed by atoms with Crippen molar-refractivity contribution in [2.24, 2.45) is 11.8 Å². The minimum Gasteiger partial charge on any atom is -0.496 e. The summed E-state index contributed by atoms with van der Waals surface area (Å²) in [6, 6.07) is 0. The number of ether oxygens (including phenoxy) is 1. The Bertz CT molecular complexity index is 413. The molecule has 1 unspecified atom stereocenters. The summed E-state index contributed by atoms with van der Waals surface area (Å²) in [7, 11) is 1.72. The van der Waals surface area contributed by atoms with Crippen LogP contribution >= 0.6 is 0 Å². The number of hydrogen-bond donors (Lipinski definition) is 1. The number of aryl methyl sites for hydroxylation is 1. The van der Waals surface area contributed by atoms with Crippen LogP contribution in [0.3, 0.4) is 0 Å². The highest BCUT2D eigenvalue weighted by Crippen LogP contribution is 2.36. The predicted octanol–water partition coefficient (Wildman–Crippen LogP) is 2.84. The first-order valence-electron chi connectivity index (χ1n) is 6.83. The Labute approximate surface area is 110 Å². The van der Waals surface area contributed by atoms with Gasteiger partial charge in [-0.25, -0.2) is 0 Å². The number of nitrogens with zero attached hydrogens (tertiary/aromatic N) is 1. The van der Waals surface area contributed by atoms with Crippen molar-refractivity contribution in [3.05, 3.63) is 23.0 Å². The maximum atomic E-state index is 5.42. The Hall–Kier alpha value is -1.09. The van der Waals surface area contributed by atoms with Gasteiger partial charge in [0.1, 0.15) is 5.75 Å². The van der Waals surface area contributed by atoms with E-state index in [1.54, 1.807) is 7.11 Å². The van der Waals surface area contributed by atoms with Crippen LogP contribution in [0.1, 0.15) is 36.6 Å². The van der Waals surface area contributed by atoms with Crippen LogP contribution in [0.2, 0.25) is 0 Å². The molecular weight excluding hydrogens is 224 g/mol. The average Bonchev–Trinajstić information content (AvgIpc) is 3.16. The number of rotatable bonds is 6. The Morgan fingerprint density at radius 1 is 1.44 bits per heavy atom. The minimum absolute atomic E-state index is 0.789. The van der Waals surface area contributed by atoms with Crippen molar-refractivity contribution in [1.82, 2.24) is 10.3 Å². The lowest BCUT2D eigenvalue weighted by Crippen LogP contribution is -2.23. The first-order chi connectivity index (χ1) is 8.63. The van der Waals surface area contributed by atoms with Gasteiger partial charge in [0.25, 0.3) is 0 Å². The smallest absolute Gasteiger partial charge is 0.128 e. The number of hydrogen-bond acceptors (Lipinski definition) is 3. The van der Waals surface area contributed by atoms with Crippen molar-refractivity contribution in [1.29, 1.82) is 0 Å². The van der Waals surface area contributed by atoms with Gasteiger partial charge in [0, 0.05) is 23.9 Å². The van der Waals surface area contributed by atoms with Crippen LogP contribution in [-0.4, -0.2) is 18.6 Å². The fourth-order valence-electron chi connectivity index (χ4n) is 2.50. The van der Waals surface area contributed by atoms with Crippen molar-refractivity contribution in [3.8, 4) is 5.75 Å². The molecule has 0 amide bonds. The lowest BCUT2D eigenvalue weighted by molar-refractivity contribution is 0.405. The number of nitrogens with one attached hydrogen (secondary N) is 1. The molecule has 3 nitrogen and oxygen atoms in total. The summed E-state index contributed by atoms with van der Waals surface area (Å²) in [5.74, 6) is 2.72. The Balaban J connectivity index is 1.92. The second kappa shape index (κ2) is 5.70. The molecule has 1 aliphatic rings. The molecule has 18 heavy (non-hydrogen) atoms. The molecule has 2 rings (SSSR count). The largest absolute Gasteiger partial charge is 0.496 e. The van der Waals surface area contributed by atoms with E-state index in [-0.39, 0.29) is 0 Å². The first-order valence-corrected chi connectivity index (χ1v) is 6.83. The summed E-state index contributed by atoms with van der Waals surface area (Å²) >= 11 is 0. The molecule has 1 saturated carbocycles. The SMILES string of the molecule is COc1c(C)cnc(CNCC(C)C2CC2)c1C. The fourth-order valence-corrected chi connectivity index (χ4v) is 2.50. The molecule has 0 aromatic carbocycles. The van der Waals surface area contributed by atoms with Crippen LogP contribution in [0.25, 0.3) is 0 Å². The Morgan fingerprint density at radius 2 is 2.17 bits per heavy atom. The van der Waals surface area contributed by atoms with Crippen LogP contribution in [-0.2, 0) is 6.54 Å². The van der Waals surface area contributed by atoms with Crippen molar-refractivity contribution in [3.63, 3.8) is 0 Å². The van der Waals surface area contributed by atoms with Crippen molar-refractivity contribution in [2.75, 3.05) is 13.7 Å². The standard InChI is InChI=1S/C15H24N2O/c1-10(13-5-6-13)7-16-9-14-12(3)15(18-4)11(2)8-17-14/h8,10,13,16H,5-7,9H2,1-4H3. The molecule has 1 aliphatic carbocycles. The fraction of sp³-hybridized carbons (Fsp3) is 0.667. The van der Waals surface area contributed by atoms with Gasteiger partial charge >= 0.3 is 0 Å². The number of aromatic nitrogens is 1. The van der Waals surface area contributed by atoms with E-state index in [9.17, 15) is 0 Å². The third-order valence-corrected chi connectivity index (χ3v) is 3.94. The van der Waals surface area contributed by atoms with Crippen molar-refractivity contribution >= 4 is 0 Å². The summed E-state index contributed by atoms with van der Waals surface area (Å²) in [6.45, 7) is 8.37. The summed E-state index contributed by atoms with van der Waals surface area (Å²) in [5, 5.41) is 3.52. The van der Waals surface area contributed by atoms with Crippen LogP contribution in [0.15, 0.2) is 6.20 Å². The lowest BCUT2D eigenvalue weighted by atomic mass is 10.1. The first kappa shape index (κ1) is 13.3. The highest BCUT2D eigenvalue weighted by molar-refractivity contribution is 5.40. The highest BCUT2D eigenvalue weighted by atomic mass is 16.5. The van der Waals surface area contributed by atoms with Gasteiger partial charge in [-0.1, -0.05) is 6.92 Å².